The quantitative estimate of drug-likeness (QED) is 0.746. The van der Waals surface area contributed by atoms with E-state index in [1.165, 1.54) is 32.1 Å². The first-order chi connectivity index (χ1) is 11.7. The largest absolute Gasteiger partial charge is 0.334 e. The number of rotatable bonds is 2. The van der Waals surface area contributed by atoms with Crippen LogP contribution in [0.4, 0.5) is 0 Å². The van der Waals surface area contributed by atoms with E-state index in [2.05, 4.69) is 28.2 Å². The molecule has 4 aliphatic rings. The minimum Gasteiger partial charge on any atom is -0.334 e. The number of nitrogens with one attached hydrogen (secondary N) is 1. The van der Waals surface area contributed by atoms with Gasteiger partial charge in [0.25, 0.3) is 0 Å². The van der Waals surface area contributed by atoms with Crippen LogP contribution < -0.4 is 5.32 Å². The van der Waals surface area contributed by atoms with E-state index in [9.17, 15) is 4.79 Å². The highest BCUT2D eigenvalue weighted by Gasteiger charge is 2.41. The minimum absolute atomic E-state index is 0.111. The molecule has 1 saturated carbocycles. The molecule has 3 atom stereocenters. The summed E-state index contributed by atoms with van der Waals surface area (Å²) in [4.78, 5) is 18.3. The fourth-order valence-electron chi connectivity index (χ4n) is 4.70. The molecule has 0 aromatic carbocycles. The number of fused-ring (bicyclic) bond motifs is 1. The van der Waals surface area contributed by atoms with Gasteiger partial charge < -0.3 is 4.90 Å². The van der Waals surface area contributed by atoms with Crippen LogP contribution in [0.3, 0.4) is 0 Å². The molecule has 0 aromatic heterocycles. The van der Waals surface area contributed by atoms with Crippen molar-refractivity contribution in [1.29, 1.82) is 5.26 Å². The van der Waals surface area contributed by atoms with Crippen molar-refractivity contribution in [3.63, 3.8) is 0 Å². The van der Waals surface area contributed by atoms with Gasteiger partial charge in [-0.2, -0.15) is 5.26 Å². The molecule has 1 aliphatic carbocycles. The van der Waals surface area contributed by atoms with Crippen LogP contribution in [0.25, 0.3) is 0 Å². The Morgan fingerprint density at radius 1 is 1.17 bits per heavy atom. The molecule has 3 saturated heterocycles. The maximum absolute atomic E-state index is 12.2. The number of thioether (sulfide) groups is 1. The third kappa shape index (κ3) is 3.24. The van der Waals surface area contributed by atoms with Gasteiger partial charge in [0, 0.05) is 31.4 Å². The minimum atomic E-state index is 0.111. The molecule has 24 heavy (non-hydrogen) atoms. The van der Waals surface area contributed by atoms with Gasteiger partial charge in [0.1, 0.15) is 12.0 Å². The summed E-state index contributed by atoms with van der Waals surface area (Å²) in [5.41, 5.74) is 0.381. The van der Waals surface area contributed by atoms with Crippen molar-refractivity contribution < 1.29 is 4.79 Å². The highest BCUT2D eigenvalue weighted by atomic mass is 32.2. The molecule has 4 rings (SSSR count). The fraction of sp³-hybridized carbons (Fsp3) is 0.882. The van der Waals surface area contributed by atoms with Crippen molar-refractivity contribution in [2.75, 3.05) is 39.3 Å². The summed E-state index contributed by atoms with van der Waals surface area (Å²) in [6.45, 7) is 4.68. The van der Waals surface area contributed by atoms with Crippen molar-refractivity contribution in [2.45, 2.75) is 48.9 Å². The molecule has 0 aromatic rings. The number of nitrogens with zero attached hydrogens (tertiary/aromatic N) is 4. The SMILES string of the molecule is N#CN1CC(=O)N2CCN(C3NCC(C4CCCCC4)S3)C[C@H]2C1. The lowest BCUT2D eigenvalue weighted by molar-refractivity contribution is -0.141. The number of carbonyl (C=O) groups is 1. The third-order valence-electron chi connectivity index (χ3n) is 6.04. The average Bonchev–Trinajstić information content (AvgIpc) is 3.12. The topological polar surface area (TPSA) is 62.6 Å². The van der Waals surface area contributed by atoms with Gasteiger partial charge >= 0.3 is 0 Å². The molecule has 4 fully saturated rings. The predicted octanol–water partition coefficient (Wildman–Crippen LogP) is 0.865. The smallest absolute Gasteiger partial charge is 0.243 e. The number of piperazine rings is 2. The average molecular weight is 350 g/mol. The van der Waals surface area contributed by atoms with E-state index in [4.69, 9.17) is 5.26 Å². The van der Waals surface area contributed by atoms with Crippen molar-refractivity contribution in [1.82, 2.24) is 20.0 Å². The number of carbonyl (C=O) groups excluding carboxylic acids is 1. The Kier molecular flexibility index (Phi) is 4.88. The summed E-state index contributed by atoms with van der Waals surface area (Å²) in [7, 11) is 0. The lowest BCUT2D eigenvalue weighted by Gasteiger charge is -2.47. The summed E-state index contributed by atoms with van der Waals surface area (Å²) in [6, 6.07) is 0.163. The fourth-order valence-corrected chi connectivity index (χ4v) is 6.28. The van der Waals surface area contributed by atoms with Crippen molar-refractivity contribution in [2.24, 2.45) is 5.92 Å². The predicted molar refractivity (Wildman–Crippen MR) is 94.0 cm³/mol. The molecule has 0 spiro atoms. The van der Waals surface area contributed by atoms with Gasteiger partial charge in [0.15, 0.2) is 6.19 Å². The van der Waals surface area contributed by atoms with Crippen LogP contribution in [-0.2, 0) is 4.79 Å². The van der Waals surface area contributed by atoms with Gasteiger partial charge in [-0.15, -0.1) is 11.8 Å². The van der Waals surface area contributed by atoms with E-state index >= 15 is 0 Å². The molecule has 0 radical (unpaired) electrons. The van der Waals surface area contributed by atoms with Crippen LogP contribution in [0.2, 0.25) is 0 Å². The first kappa shape index (κ1) is 16.5. The Balaban J connectivity index is 1.34. The summed E-state index contributed by atoms with van der Waals surface area (Å²) < 4.78 is 0. The van der Waals surface area contributed by atoms with Gasteiger partial charge in [0.05, 0.1) is 12.6 Å². The van der Waals surface area contributed by atoms with Crippen molar-refractivity contribution >= 4 is 17.7 Å². The highest BCUT2D eigenvalue weighted by molar-refractivity contribution is 8.00. The summed E-state index contributed by atoms with van der Waals surface area (Å²) in [5.74, 6) is 0.993. The highest BCUT2D eigenvalue weighted by Crippen LogP contribution is 2.38. The summed E-state index contributed by atoms with van der Waals surface area (Å²) >= 11 is 2.10. The molecule has 0 bridgehead atoms. The summed E-state index contributed by atoms with van der Waals surface area (Å²) in [6.07, 6.45) is 9.16. The van der Waals surface area contributed by atoms with E-state index in [1.807, 2.05) is 4.90 Å². The monoisotopic (exact) mass is 349 g/mol. The Morgan fingerprint density at radius 3 is 2.79 bits per heavy atom. The van der Waals surface area contributed by atoms with E-state index in [-0.39, 0.29) is 18.5 Å². The van der Waals surface area contributed by atoms with Gasteiger partial charge in [-0.1, -0.05) is 19.3 Å². The first-order valence-corrected chi connectivity index (χ1v) is 10.3. The van der Waals surface area contributed by atoms with E-state index < -0.39 is 0 Å². The lowest BCUT2D eigenvalue weighted by Crippen LogP contribution is -2.65. The molecule has 132 valence electrons. The zero-order valence-corrected chi connectivity index (χ0v) is 15.0. The Bertz CT molecular complexity index is 518. The molecule has 3 heterocycles. The van der Waals surface area contributed by atoms with Crippen molar-refractivity contribution in [3.8, 4) is 6.19 Å². The second-order valence-electron chi connectivity index (χ2n) is 7.55. The van der Waals surface area contributed by atoms with Crippen LogP contribution in [0.5, 0.6) is 0 Å². The molecule has 7 heteroatoms. The molecule has 6 nitrogen and oxygen atoms in total. The maximum atomic E-state index is 12.2. The maximum Gasteiger partial charge on any atom is 0.243 e. The van der Waals surface area contributed by atoms with E-state index in [0.717, 1.165) is 37.3 Å². The van der Waals surface area contributed by atoms with Crippen LogP contribution in [0.1, 0.15) is 32.1 Å². The molecular weight excluding hydrogens is 322 g/mol. The van der Waals surface area contributed by atoms with Gasteiger partial charge in [-0.25, -0.2) is 0 Å². The number of hydrogen-bond donors (Lipinski definition) is 1. The zero-order chi connectivity index (χ0) is 16.5. The second kappa shape index (κ2) is 7.11. The molecule has 2 unspecified atom stereocenters. The molecule has 3 aliphatic heterocycles. The Labute approximate surface area is 148 Å². The van der Waals surface area contributed by atoms with E-state index in [0.29, 0.717) is 12.0 Å². The molecule has 1 N–H and O–H groups in total. The van der Waals surface area contributed by atoms with Crippen LogP contribution >= 0.6 is 11.8 Å². The van der Waals surface area contributed by atoms with Crippen LogP contribution in [-0.4, -0.2) is 76.7 Å². The van der Waals surface area contributed by atoms with Crippen LogP contribution in [0, 0.1) is 17.4 Å². The van der Waals surface area contributed by atoms with Gasteiger partial charge in [-0.05, 0) is 18.8 Å². The first-order valence-electron chi connectivity index (χ1n) is 9.31. The van der Waals surface area contributed by atoms with Gasteiger partial charge in [-0.3, -0.25) is 19.9 Å². The second-order valence-corrected chi connectivity index (χ2v) is 8.87. The molecular formula is C17H27N5OS. The standard InChI is InChI=1S/C17H27N5OS/c18-12-20-9-14-10-21(6-7-22(14)16(23)11-20)17-19-8-15(24-17)13-4-2-1-3-5-13/h13-15,17,19H,1-11H2/t14-,15?,17?/m1/s1. The normalized spacial score (nSPS) is 35.8. The molecule has 1 amide bonds. The number of amides is 1. The van der Waals surface area contributed by atoms with Gasteiger partial charge in [0.2, 0.25) is 5.91 Å². The Morgan fingerprint density at radius 2 is 2.00 bits per heavy atom. The zero-order valence-electron chi connectivity index (χ0n) is 14.2. The van der Waals surface area contributed by atoms with Crippen molar-refractivity contribution in [3.05, 3.63) is 0 Å². The summed E-state index contributed by atoms with van der Waals surface area (Å²) in [5, 5.41) is 13.6. The van der Waals surface area contributed by atoms with Crippen LogP contribution in [0.15, 0.2) is 0 Å². The third-order valence-corrected chi connectivity index (χ3v) is 7.66. The van der Waals surface area contributed by atoms with E-state index in [1.54, 1.807) is 4.90 Å². The lowest BCUT2D eigenvalue weighted by atomic mass is 9.87. The Hall–Kier alpha value is -0.970. The number of nitriles is 1. The number of hydrogen-bond acceptors (Lipinski definition) is 6.